The molecule has 0 bridgehead atoms. The van der Waals surface area contributed by atoms with Crippen molar-refractivity contribution in [3.8, 4) is 0 Å². The van der Waals surface area contributed by atoms with E-state index >= 15 is 0 Å². The summed E-state index contributed by atoms with van der Waals surface area (Å²) in [5, 5.41) is 0. The van der Waals surface area contributed by atoms with Crippen LogP contribution in [0, 0.1) is 19.7 Å². The fourth-order valence-corrected chi connectivity index (χ4v) is 3.04. The number of halogens is 2. The molecule has 0 radical (unpaired) electrons. The highest BCUT2D eigenvalue weighted by atomic mass is 19.1. The Morgan fingerprint density at radius 2 is 1.82 bits per heavy atom. The summed E-state index contributed by atoms with van der Waals surface area (Å²) in [6.45, 7) is 13.8. The van der Waals surface area contributed by atoms with Crippen LogP contribution in [0.1, 0.15) is 67.0 Å². The highest BCUT2D eigenvalue weighted by Gasteiger charge is 2.21. The van der Waals surface area contributed by atoms with Gasteiger partial charge < -0.3 is 4.74 Å². The first-order valence-electron chi connectivity index (χ1n) is 9.79. The number of ether oxygens (including phenoxy) is 1. The number of hydrogen-bond acceptors (Lipinski definition) is 2. The van der Waals surface area contributed by atoms with Gasteiger partial charge in [0.05, 0.1) is 12.3 Å². The van der Waals surface area contributed by atoms with Gasteiger partial charge in [0, 0.05) is 24.6 Å². The third kappa shape index (κ3) is 5.26. The molecular formula is C24H31F2NO. The first-order valence-corrected chi connectivity index (χ1v) is 9.79. The van der Waals surface area contributed by atoms with Crippen molar-refractivity contribution in [1.29, 1.82) is 0 Å². The zero-order valence-electron chi connectivity index (χ0n) is 17.6. The maximum Gasteiger partial charge on any atom is 0.151 e. The second-order valence-electron chi connectivity index (χ2n) is 7.83. The number of hydrogen-bond donors (Lipinski definition) is 0. The van der Waals surface area contributed by atoms with E-state index in [1.807, 2.05) is 26.0 Å². The van der Waals surface area contributed by atoms with Gasteiger partial charge in [-0.1, -0.05) is 50.8 Å². The molecule has 3 unspecified atom stereocenters. The molecule has 0 N–H and O–H groups in total. The molecule has 1 aromatic carbocycles. The Morgan fingerprint density at radius 1 is 1.18 bits per heavy atom. The van der Waals surface area contributed by atoms with Gasteiger partial charge in [-0.05, 0) is 49.4 Å². The smallest absolute Gasteiger partial charge is 0.151 e. The number of pyridine rings is 1. The van der Waals surface area contributed by atoms with Crippen molar-refractivity contribution >= 4 is 0 Å². The van der Waals surface area contributed by atoms with Crippen LogP contribution in [0.15, 0.2) is 43.1 Å². The van der Waals surface area contributed by atoms with Gasteiger partial charge in [0.25, 0.3) is 0 Å². The fraction of sp³-hybridized carbons (Fsp3) is 0.458. The summed E-state index contributed by atoms with van der Waals surface area (Å²) >= 11 is 0. The van der Waals surface area contributed by atoms with Crippen LogP contribution in [0.5, 0.6) is 0 Å². The van der Waals surface area contributed by atoms with Crippen LogP contribution in [-0.4, -0.2) is 18.2 Å². The van der Waals surface area contributed by atoms with Crippen LogP contribution in [0.3, 0.4) is 0 Å². The average Bonchev–Trinajstić information content (AvgIpc) is 2.69. The third-order valence-corrected chi connectivity index (χ3v) is 5.50. The van der Waals surface area contributed by atoms with Gasteiger partial charge in [0.2, 0.25) is 0 Å². The Morgan fingerprint density at radius 3 is 2.43 bits per heavy atom. The van der Waals surface area contributed by atoms with Crippen molar-refractivity contribution in [3.05, 3.63) is 76.9 Å². The zero-order chi connectivity index (χ0) is 20.9. The summed E-state index contributed by atoms with van der Waals surface area (Å²) in [5.41, 5.74) is 2.20. The van der Waals surface area contributed by atoms with Crippen molar-refractivity contribution in [2.45, 2.75) is 58.5 Å². The molecule has 1 aromatic heterocycles. The summed E-state index contributed by atoms with van der Waals surface area (Å²) in [5.74, 6) is -0.0224. The maximum atomic E-state index is 14.4. The highest BCUT2D eigenvalue weighted by Crippen LogP contribution is 2.28. The van der Waals surface area contributed by atoms with Crippen molar-refractivity contribution in [3.63, 3.8) is 0 Å². The molecule has 28 heavy (non-hydrogen) atoms. The summed E-state index contributed by atoms with van der Waals surface area (Å²) in [6, 6.07) is 7.46. The Balaban J connectivity index is 1.85. The van der Waals surface area contributed by atoms with Gasteiger partial charge in [-0.15, -0.1) is 0 Å². The highest BCUT2D eigenvalue weighted by molar-refractivity contribution is 5.31. The number of allylic oxidation sites excluding steroid dienone is 1. The second kappa shape index (κ2) is 9.42. The maximum absolute atomic E-state index is 14.4. The van der Waals surface area contributed by atoms with Crippen LogP contribution < -0.4 is 0 Å². The van der Waals surface area contributed by atoms with E-state index in [1.165, 1.54) is 13.0 Å². The first-order chi connectivity index (χ1) is 13.2. The third-order valence-electron chi connectivity index (χ3n) is 5.50. The second-order valence-corrected chi connectivity index (χ2v) is 7.83. The van der Waals surface area contributed by atoms with Crippen LogP contribution in [0.25, 0.3) is 0 Å². The van der Waals surface area contributed by atoms with Crippen LogP contribution >= 0.6 is 0 Å². The van der Waals surface area contributed by atoms with Gasteiger partial charge in [-0.25, -0.2) is 8.78 Å². The molecule has 0 saturated heterocycles. The number of rotatable bonds is 9. The molecule has 2 nitrogen and oxygen atoms in total. The van der Waals surface area contributed by atoms with Gasteiger partial charge in [-0.2, -0.15) is 0 Å². The number of benzene rings is 1. The van der Waals surface area contributed by atoms with Crippen molar-refractivity contribution in [2.24, 2.45) is 0 Å². The minimum absolute atomic E-state index is 0.00461. The van der Waals surface area contributed by atoms with Gasteiger partial charge in [-0.3, -0.25) is 4.98 Å². The molecule has 0 fully saturated rings. The molecule has 0 aliphatic rings. The molecule has 0 spiro atoms. The van der Waals surface area contributed by atoms with Gasteiger partial charge in [0.1, 0.15) is 5.82 Å². The van der Waals surface area contributed by atoms with E-state index < -0.39 is 5.67 Å². The number of alkyl halides is 1. The Kier molecular flexibility index (Phi) is 7.48. The lowest BCUT2D eigenvalue weighted by atomic mass is 9.94. The Labute approximate surface area is 167 Å². The van der Waals surface area contributed by atoms with Crippen molar-refractivity contribution < 1.29 is 13.5 Å². The topological polar surface area (TPSA) is 22.1 Å². The average molecular weight is 388 g/mol. The Hall–Kier alpha value is -2.07. The molecule has 1 heterocycles. The van der Waals surface area contributed by atoms with Crippen LogP contribution in [0.4, 0.5) is 8.78 Å². The first kappa shape index (κ1) is 22.2. The van der Waals surface area contributed by atoms with Crippen LogP contribution in [-0.2, 0) is 10.4 Å². The SMILES string of the molecule is C=CC(C)(F)c1ccc(C(C)COCCC(C)c2ncc(C)c(C)c2F)cc1. The summed E-state index contributed by atoms with van der Waals surface area (Å²) in [7, 11) is 0. The quantitative estimate of drug-likeness (QED) is 0.361. The van der Waals surface area contributed by atoms with E-state index in [0.717, 1.165) is 11.1 Å². The molecule has 0 saturated carbocycles. The zero-order valence-corrected chi connectivity index (χ0v) is 17.6. The fourth-order valence-electron chi connectivity index (χ4n) is 3.04. The van der Waals surface area contributed by atoms with E-state index in [4.69, 9.17) is 4.74 Å². The molecule has 0 amide bonds. The Bertz CT molecular complexity index is 799. The van der Waals surface area contributed by atoms with E-state index in [2.05, 4.69) is 18.5 Å². The van der Waals surface area contributed by atoms with Crippen molar-refractivity contribution in [2.75, 3.05) is 13.2 Å². The summed E-state index contributed by atoms with van der Waals surface area (Å²) in [4.78, 5) is 4.27. The predicted octanol–water partition coefficient (Wildman–Crippen LogP) is 6.52. The molecule has 0 aliphatic carbocycles. The lowest BCUT2D eigenvalue weighted by Crippen LogP contribution is -2.12. The normalized spacial score (nSPS) is 15.7. The number of aryl methyl sites for hydroxylation is 1. The number of nitrogens with zero attached hydrogens (tertiary/aromatic N) is 1. The number of aromatic nitrogens is 1. The molecular weight excluding hydrogens is 356 g/mol. The van der Waals surface area contributed by atoms with Gasteiger partial charge in [0.15, 0.2) is 5.67 Å². The van der Waals surface area contributed by atoms with Gasteiger partial charge >= 0.3 is 0 Å². The van der Waals surface area contributed by atoms with E-state index in [-0.39, 0.29) is 17.7 Å². The molecule has 152 valence electrons. The minimum atomic E-state index is -1.52. The molecule has 3 atom stereocenters. The van der Waals surface area contributed by atoms with E-state index in [1.54, 1.807) is 25.3 Å². The molecule has 4 heteroatoms. The lowest BCUT2D eigenvalue weighted by Gasteiger charge is -2.18. The molecule has 2 rings (SSSR count). The largest absolute Gasteiger partial charge is 0.381 e. The van der Waals surface area contributed by atoms with Crippen LogP contribution in [0.2, 0.25) is 0 Å². The van der Waals surface area contributed by atoms with E-state index in [9.17, 15) is 8.78 Å². The lowest BCUT2D eigenvalue weighted by molar-refractivity contribution is 0.117. The van der Waals surface area contributed by atoms with Crippen molar-refractivity contribution in [1.82, 2.24) is 4.98 Å². The standard InChI is InChI=1S/C24H31F2NO/c1-7-24(6,26)21-10-8-20(9-11-21)18(4)15-28-13-12-16(2)23-22(25)19(5)17(3)14-27-23/h7-11,14,16,18H,1,12-13,15H2,2-6H3. The minimum Gasteiger partial charge on any atom is -0.381 e. The predicted molar refractivity (Wildman–Crippen MR) is 111 cm³/mol. The molecule has 2 aromatic rings. The van der Waals surface area contributed by atoms with E-state index in [0.29, 0.717) is 36.5 Å². The molecule has 0 aliphatic heterocycles. The summed E-state index contributed by atoms with van der Waals surface area (Å²) in [6.07, 6.45) is 3.74. The monoisotopic (exact) mass is 387 g/mol. The summed E-state index contributed by atoms with van der Waals surface area (Å²) < 4.78 is 34.4.